The summed E-state index contributed by atoms with van der Waals surface area (Å²) in [7, 11) is -3.29. The lowest BCUT2D eigenvalue weighted by Crippen LogP contribution is -1.96. The Morgan fingerprint density at radius 1 is 1.12 bits per heavy atom. The number of hydrogen-bond donors (Lipinski definition) is 0. The van der Waals surface area contributed by atoms with E-state index in [9.17, 15) is 13.3 Å². The summed E-state index contributed by atoms with van der Waals surface area (Å²) < 4.78 is 23.7. The van der Waals surface area contributed by atoms with Crippen LogP contribution in [0.25, 0.3) is 10.8 Å². The maximum atomic E-state index is 11.9. The first-order chi connectivity index (χ1) is 7.63. The van der Waals surface area contributed by atoms with Crippen molar-refractivity contribution >= 4 is 26.3 Å². The van der Waals surface area contributed by atoms with Crippen molar-refractivity contribution in [2.75, 3.05) is 0 Å². The second-order valence-electron chi connectivity index (χ2n) is 3.77. The summed E-state index contributed by atoms with van der Waals surface area (Å²) in [6.45, 7) is 0. The summed E-state index contributed by atoms with van der Waals surface area (Å²) in [5.74, 6) is -0.120. The summed E-state index contributed by atoms with van der Waals surface area (Å²) in [6, 6.07) is 8.40. The molecule has 1 heterocycles. The smallest absolute Gasteiger partial charge is 0.183 e. The molecule has 80 valence electrons. The Morgan fingerprint density at radius 2 is 1.94 bits per heavy atom. The third-order valence-electron chi connectivity index (χ3n) is 2.86. The Bertz CT molecular complexity index is 719. The molecule has 0 N–H and O–H groups in total. The molecule has 0 atom stereocenters. The predicted octanol–water partition coefficient (Wildman–Crippen LogP) is 2.53. The van der Waals surface area contributed by atoms with Gasteiger partial charge < -0.3 is 0 Å². The van der Waals surface area contributed by atoms with Crippen LogP contribution in [0.4, 0.5) is 5.69 Å². The first kappa shape index (κ1) is 9.47. The first-order valence-corrected chi connectivity index (χ1v) is 6.39. The molecule has 1 aliphatic rings. The molecule has 2 aromatic carbocycles. The van der Waals surface area contributed by atoms with Crippen LogP contribution in [-0.2, 0) is 15.6 Å². The molecule has 5 heteroatoms. The molecule has 16 heavy (non-hydrogen) atoms. The number of nitrogens with zero attached hydrogens (tertiary/aromatic N) is 1. The van der Waals surface area contributed by atoms with Crippen LogP contribution in [0.3, 0.4) is 0 Å². The number of rotatable bonds is 1. The minimum absolute atomic E-state index is 0.120. The van der Waals surface area contributed by atoms with Gasteiger partial charge in [-0.2, -0.15) is 0 Å². The summed E-state index contributed by atoms with van der Waals surface area (Å²) in [5, 5.41) is 4.36. The second-order valence-corrected chi connectivity index (χ2v) is 5.73. The molecule has 0 bridgehead atoms. The molecular formula is C11H7NO3S. The summed E-state index contributed by atoms with van der Waals surface area (Å²) in [4.78, 5) is 10.9. The van der Waals surface area contributed by atoms with E-state index in [-0.39, 0.29) is 11.4 Å². The average molecular weight is 233 g/mol. The lowest BCUT2D eigenvalue weighted by molar-refractivity contribution is 0.598. The van der Waals surface area contributed by atoms with Crippen molar-refractivity contribution in [3.63, 3.8) is 0 Å². The van der Waals surface area contributed by atoms with Crippen molar-refractivity contribution in [1.82, 2.24) is 0 Å². The van der Waals surface area contributed by atoms with Crippen LogP contribution in [0, 0.1) is 4.91 Å². The molecule has 0 spiro atoms. The monoisotopic (exact) mass is 233 g/mol. The fourth-order valence-corrected chi connectivity index (χ4v) is 3.83. The second kappa shape index (κ2) is 2.89. The largest absolute Gasteiger partial charge is 0.223 e. The lowest BCUT2D eigenvalue weighted by Gasteiger charge is -2.00. The van der Waals surface area contributed by atoms with Crippen LogP contribution < -0.4 is 0 Å². The van der Waals surface area contributed by atoms with E-state index >= 15 is 0 Å². The van der Waals surface area contributed by atoms with Gasteiger partial charge in [0.2, 0.25) is 0 Å². The van der Waals surface area contributed by atoms with Gasteiger partial charge in [0.05, 0.1) is 10.6 Å². The Balaban J connectivity index is 2.59. The zero-order chi connectivity index (χ0) is 11.3. The minimum atomic E-state index is -3.29. The van der Waals surface area contributed by atoms with Crippen LogP contribution in [0.15, 0.2) is 40.4 Å². The summed E-state index contributed by atoms with van der Waals surface area (Å²) >= 11 is 0. The van der Waals surface area contributed by atoms with E-state index < -0.39 is 9.84 Å². The average Bonchev–Trinajstić information content (AvgIpc) is 2.54. The molecule has 1 aliphatic heterocycles. The first-order valence-electron chi connectivity index (χ1n) is 4.74. The SMILES string of the molecule is O=Nc1ccc2cccc3c2c1CS3(=O)=O. The van der Waals surface area contributed by atoms with E-state index in [0.717, 1.165) is 5.39 Å². The van der Waals surface area contributed by atoms with Gasteiger partial charge in [-0.15, -0.1) is 4.91 Å². The number of nitroso groups, excluding NO2 is 1. The third-order valence-corrected chi connectivity index (χ3v) is 4.54. The zero-order valence-electron chi connectivity index (χ0n) is 8.17. The van der Waals surface area contributed by atoms with E-state index in [1.54, 1.807) is 24.3 Å². The number of hydrogen-bond acceptors (Lipinski definition) is 4. The van der Waals surface area contributed by atoms with Gasteiger partial charge >= 0.3 is 0 Å². The molecule has 0 unspecified atom stereocenters. The Kier molecular flexibility index (Phi) is 1.71. The van der Waals surface area contributed by atoms with E-state index in [1.165, 1.54) is 0 Å². The maximum Gasteiger partial charge on any atom is 0.183 e. The normalized spacial score (nSPS) is 16.5. The van der Waals surface area contributed by atoms with Crippen molar-refractivity contribution in [1.29, 1.82) is 0 Å². The van der Waals surface area contributed by atoms with Gasteiger partial charge in [-0.1, -0.05) is 18.2 Å². The van der Waals surface area contributed by atoms with E-state index in [0.29, 0.717) is 15.8 Å². The fourth-order valence-electron chi connectivity index (χ4n) is 2.17. The van der Waals surface area contributed by atoms with E-state index in [4.69, 9.17) is 0 Å². The Labute approximate surface area is 91.8 Å². The molecule has 4 nitrogen and oxygen atoms in total. The van der Waals surface area contributed by atoms with Gasteiger partial charge in [0.25, 0.3) is 0 Å². The molecule has 0 saturated heterocycles. The van der Waals surface area contributed by atoms with Crippen LogP contribution in [-0.4, -0.2) is 8.42 Å². The Morgan fingerprint density at radius 3 is 2.69 bits per heavy atom. The number of benzene rings is 2. The van der Waals surface area contributed by atoms with Gasteiger partial charge in [-0.25, -0.2) is 8.42 Å². The van der Waals surface area contributed by atoms with Gasteiger partial charge in [-0.3, -0.25) is 0 Å². The summed E-state index contributed by atoms with van der Waals surface area (Å²) in [5.41, 5.74) is 0.754. The van der Waals surface area contributed by atoms with Gasteiger partial charge in [0.1, 0.15) is 5.69 Å². The van der Waals surface area contributed by atoms with Gasteiger partial charge in [0, 0.05) is 10.9 Å². The van der Waals surface area contributed by atoms with Crippen LogP contribution in [0.5, 0.6) is 0 Å². The fraction of sp³-hybridized carbons (Fsp3) is 0.0909. The molecule has 0 aromatic heterocycles. The highest BCUT2D eigenvalue weighted by atomic mass is 32.2. The quantitative estimate of drug-likeness (QED) is 0.711. The molecule has 3 rings (SSSR count). The van der Waals surface area contributed by atoms with Gasteiger partial charge in [-0.05, 0) is 22.7 Å². The van der Waals surface area contributed by atoms with Crippen molar-refractivity contribution < 1.29 is 8.42 Å². The third kappa shape index (κ3) is 1.06. The Hall–Kier alpha value is -1.75. The molecule has 0 aliphatic carbocycles. The van der Waals surface area contributed by atoms with Crippen LogP contribution >= 0.6 is 0 Å². The van der Waals surface area contributed by atoms with E-state index in [2.05, 4.69) is 5.18 Å². The van der Waals surface area contributed by atoms with Crippen molar-refractivity contribution in [2.24, 2.45) is 5.18 Å². The van der Waals surface area contributed by atoms with Crippen LogP contribution in [0.2, 0.25) is 0 Å². The molecule has 0 amide bonds. The highest BCUT2D eigenvalue weighted by Gasteiger charge is 2.30. The predicted molar refractivity (Wildman–Crippen MR) is 60.3 cm³/mol. The topological polar surface area (TPSA) is 63.6 Å². The van der Waals surface area contributed by atoms with Crippen molar-refractivity contribution in [3.8, 4) is 0 Å². The highest BCUT2D eigenvalue weighted by molar-refractivity contribution is 7.91. The maximum absolute atomic E-state index is 11.9. The van der Waals surface area contributed by atoms with Gasteiger partial charge in [0.15, 0.2) is 9.84 Å². The summed E-state index contributed by atoms with van der Waals surface area (Å²) in [6.07, 6.45) is 0. The van der Waals surface area contributed by atoms with E-state index in [1.807, 2.05) is 6.07 Å². The molecular weight excluding hydrogens is 226 g/mol. The van der Waals surface area contributed by atoms with Crippen LogP contribution in [0.1, 0.15) is 5.56 Å². The molecule has 0 fully saturated rings. The highest BCUT2D eigenvalue weighted by Crippen LogP contribution is 2.40. The lowest BCUT2D eigenvalue weighted by atomic mass is 10.0. The standard InChI is InChI=1S/C11H7NO3S/c13-12-9-5-4-7-2-1-3-10-11(7)8(9)6-16(10,14)15/h1-5H,6H2. The molecule has 0 saturated carbocycles. The van der Waals surface area contributed by atoms with Crippen molar-refractivity contribution in [3.05, 3.63) is 40.8 Å². The minimum Gasteiger partial charge on any atom is -0.223 e. The molecule has 2 aromatic rings. The number of sulfone groups is 1. The zero-order valence-corrected chi connectivity index (χ0v) is 8.99. The molecule has 0 radical (unpaired) electrons. The van der Waals surface area contributed by atoms with Crippen molar-refractivity contribution in [2.45, 2.75) is 10.6 Å².